The van der Waals surface area contributed by atoms with Gasteiger partial charge >= 0.3 is 11.9 Å². The highest BCUT2D eigenvalue weighted by atomic mass is 17.3. The Morgan fingerprint density at radius 3 is 2.64 bits per heavy atom. The normalized spacial score (nSPS) is 36.6. The molecule has 4 saturated heterocycles. The SMILES string of the molecule is C[C@H]1[C@H](OC(=O)CCC(=O)N[C@H](C(=O)O)[C@@H](O)c2cccc([N+](=O)[O-])c2)O[C@@H]2O[C@@]3(C)CC[C@H]4[C@H](C)CC[C@@H]1[C@@]24OO3. The van der Waals surface area contributed by atoms with Crippen LogP contribution in [0.5, 0.6) is 0 Å². The molecular formula is C28H36N2O12. The number of fused-ring (bicyclic) bond motifs is 2. The van der Waals surface area contributed by atoms with Crippen LogP contribution >= 0.6 is 0 Å². The Morgan fingerprint density at radius 2 is 1.93 bits per heavy atom. The molecule has 1 saturated carbocycles. The van der Waals surface area contributed by atoms with Crippen molar-refractivity contribution in [1.82, 2.24) is 5.32 Å². The monoisotopic (exact) mass is 592 g/mol. The maximum Gasteiger partial charge on any atom is 0.329 e. The van der Waals surface area contributed by atoms with Gasteiger partial charge in [0.05, 0.1) is 11.3 Å². The summed E-state index contributed by atoms with van der Waals surface area (Å²) in [5.41, 5.74) is -1.22. The molecule has 230 valence electrons. The van der Waals surface area contributed by atoms with Gasteiger partial charge < -0.3 is 29.7 Å². The lowest BCUT2D eigenvalue weighted by atomic mass is 9.58. The number of carbonyl (C=O) groups excluding carboxylic acids is 2. The number of ether oxygens (including phenoxy) is 3. The largest absolute Gasteiger partial charge is 0.480 e. The second kappa shape index (κ2) is 11.5. The molecule has 1 aliphatic carbocycles. The summed E-state index contributed by atoms with van der Waals surface area (Å²) in [5.74, 6) is -3.90. The molecule has 4 heterocycles. The number of nitro groups is 1. The van der Waals surface area contributed by atoms with Crippen molar-refractivity contribution in [3.8, 4) is 0 Å². The Kier molecular flexibility index (Phi) is 8.29. The zero-order valence-electron chi connectivity index (χ0n) is 23.6. The van der Waals surface area contributed by atoms with E-state index in [1.807, 2.05) is 6.92 Å². The minimum Gasteiger partial charge on any atom is -0.480 e. The molecule has 1 spiro atoms. The Morgan fingerprint density at radius 1 is 1.17 bits per heavy atom. The third-order valence-corrected chi connectivity index (χ3v) is 9.22. The molecule has 5 fully saturated rings. The number of aliphatic hydroxyl groups is 1. The van der Waals surface area contributed by atoms with Gasteiger partial charge in [0.2, 0.25) is 18.0 Å². The fraction of sp³-hybridized carbons (Fsp3) is 0.679. The first kappa shape index (κ1) is 30.3. The fourth-order valence-electron chi connectivity index (χ4n) is 6.95. The molecule has 6 rings (SSSR count). The molecule has 2 bridgehead atoms. The highest BCUT2D eigenvalue weighted by molar-refractivity contribution is 5.86. The number of nitrogens with zero attached hydrogens (tertiary/aromatic N) is 1. The number of amides is 1. The average molecular weight is 593 g/mol. The maximum atomic E-state index is 12.8. The Hall–Kier alpha value is -3.17. The van der Waals surface area contributed by atoms with Gasteiger partial charge in [-0.3, -0.25) is 19.7 Å². The lowest BCUT2D eigenvalue weighted by molar-refractivity contribution is -0.576. The number of aliphatic hydroxyl groups excluding tert-OH is 1. The van der Waals surface area contributed by atoms with Crippen LogP contribution in [-0.2, 0) is 38.4 Å². The quantitative estimate of drug-likeness (QED) is 0.165. The van der Waals surface area contributed by atoms with E-state index in [4.69, 9.17) is 24.0 Å². The molecular weight excluding hydrogens is 556 g/mol. The van der Waals surface area contributed by atoms with Crippen molar-refractivity contribution in [2.24, 2.45) is 23.7 Å². The predicted molar refractivity (Wildman–Crippen MR) is 140 cm³/mol. The van der Waals surface area contributed by atoms with E-state index in [-0.39, 0.29) is 35.4 Å². The molecule has 1 aromatic carbocycles. The molecule has 1 amide bonds. The van der Waals surface area contributed by atoms with Crippen molar-refractivity contribution in [2.45, 2.75) is 95.4 Å². The Balaban J connectivity index is 1.20. The first-order chi connectivity index (χ1) is 19.8. The van der Waals surface area contributed by atoms with E-state index in [2.05, 4.69) is 12.2 Å². The van der Waals surface area contributed by atoms with Gasteiger partial charge in [-0.1, -0.05) is 26.0 Å². The number of benzene rings is 1. The van der Waals surface area contributed by atoms with Gasteiger partial charge in [-0.25, -0.2) is 14.6 Å². The number of hydrogen-bond acceptors (Lipinski definition) is 11. The molecule has 4 aliphatic heterocycles. The summed E-state index contributed by atoms with van der Waals surface area (Å²) >= 11 is 0. The summed E-state index contributed by atoms with van der Waals surface area (Å²) in [5, 5.41) is 33.3. The van der Waals surface area contributed by atoms with Crippen molar-refractivity contribution in [3.63, 3.8) is 0 Å². The van der Waals surface area contributed by atoms with Crippen LogP contribution in [0.15, 0.2) is 24.3 Å². The molecule has 5 aliphatic rings. The molecule has 14 nitrogen and oxygen atoms in total. The third kappa shape index (κ3) is 5.49. The molecule has 42 heavy (non-hydrogen) atoms. The van der Waals surface area contributed by atoms with Crippen LogP contribution in [0, 0.1) is 33.8 Å². The summed E-state index contributed by atoms with van der Waals surface area (Å²) < 4.78 is 18.1. The standard InChI is InChI=1S/C28H36N2O12/c1-14-7-8-19-15(2)25(39-26-28(19)18(14)11-12-27(3,40-26)41-42-28)38-21(32)10-9-20(31)29-22(24(34)35)23(33)16-5-4-6-17(13-16)30(36)37/h4-6,13-15,18-19,22-23,25-26,33H,7-12H2,1-3H3,(H,29,31)(H,34,35)/t14-,15-,18+,19+,22+,23+,25-,26-,27-,28-/m1/s1. The summed E-state index contributed by atoms with van der Waals surface area (Å²) in [7, 11) is 0. The molecule has 14 heteroatoms. The lowest BCUT2D eigenvalue weighted by Gasteiger charge is -2.59. The number of nitrogens with one attached hydrogen (secondary N) is 1. The predicted octanol–water partition coefficient (Wildman–Crippen LogP) is 2.73. The van der Waals surface area contributed by atoms with Crippen molar-refractivity contribution in [1.29, 1.82) is 0 Å². The van der Waals surface area contributed by atoms with Gasteiger partial charge in [0.1, 0.15) is 6.10 Å². The topological polar surface area (TPSA) is 193 Å². The van der Waals surface area contributed by atoms with Crippen LogP contribution in [0.1, 0.15) is 71.0 Å². The van der Waals surface area contributed by atoms with Crippen LogP contribution in [0.2, 0.25) is 0 Å². The molecule has 0 aromatic heterocycles. The number of hydrogen-bond donors (Lipinski definition) is 3. The van der Waals surface area contributed by atoms with Crippen molar-refractivity contribution in [2.75, 3.05) is 0 Å². The van der Waals surface area contributed by atoms with Gasteiger partial charge in [-0.15, -0.1) is 0 Å². The van der Waals surface area contributed by atoms with E-state index < -0.39 is 65.3 Å². The highest BCUT2D eigenvalue weighted by Gasteiger charge is 2.69. The van der Waals surface area contributed by atoms with E-state index >= 15 is 0 Å². The number of carbonyl (C=O) groups is 3. The second-order valence-corrected chi connectivity index (χ2v) is 11.9. The smallest absolute Gasteiger partial charge is 0.329 e. The highest BCUT2D eigenvalue weighted by Crippen LogP contribution is 2.60. The zero-order valence-corrected chi connectivity index (χ0v) is 23.6. The number of carboxylic acid groups (broad SMARTS) is 1. The van der Waals surface area contributed by atoms with E-state index in [0.717, 1.165) is 25.3 Å². The van der Waals surface area contributed by atoms with Crippen LogP contribution in [0.25, 0.3) is 0 Å². The van der Waals surface area contributed by atoms with Crippen LogP contribution in [0.4, 0.5) is 5.69 Å². The molecule has 1 aromatic rings. The first-order valence-electron chi connectivity index (χ1n) is 14.2. The summed E-state index contributed by atoms with van der Waals surface area (Å²) in [6.45, 7) is 5.90. The molecule has 10 atom stereocenters. The van der Waals surface area contributed by atoms with E-state index in [0.29, 0.717) is 12.3 Å². The van der Waals surface area contributed by atoms with Gasteiger partial charge in [0.15, 0.2) is 17.9 Å². The Bertz CT molecular complexity index is 1240. The zero-order chi connectivity index (χ0) is 30.4. The minimum atomic E-state index is -1.80. The van der Waals surface area contributed by atoms with Crippen molar-refractivity contribution >= 4 is 23.5 Å². The number of non-ortho nitro benzene ring substituents is 1. The van der Waals surface area contributed by atoms with E-state index in [1.54, 1.807) is 6.92 Å². The molecule has 0 unspecified atom stereocenters. The summed E-state index contributed by atoms with van der Waals surface area (Å²) in [4.78, 5) is 59.3. The maximum absolute atomic E-state index is 12.8. The Labute approximate surface area is 241 Å². The lowest BCUT2D eigenvalue weighted by Crippen LogP contribution is -2.70. The molecule has 0 radical (unpaired) electrons. The summed E-state index contributed by atoms with van der Waals surface area (Å²) in [6.07, 6.45) is -1.06. The number of esters is 1. The average Bonchev–Trinajstić information content (AvgIpc) is 3.18. The fourth-order valence-corrected chi connectivity index (χ4v) is 6.95. The van der Waals surface area contributed by atoms with Gasteiger partial charge in [0.25, 0.3) is 5.69 Å². The second-order valence-electron chi connectivity index (χ2n) is 11.9. The first-order valence-corrected chi connectivity index (χ1v) is 14.2. The van der Waals surface area contributed by atoms with Crippen LogP contribution in [0.3, 0.4) is 0 Å². The third-order valence-electron chi connectivity index (χ3n) is 9.22. The van der Waals surface area contributed by atoms with Crippen molar-refractivity contribution < 1.29 is 53.5 Å². The molecule has 3 N–H and O–H groups in total. The number of rotatable bonds is 9. The van der Waals surface area contributed by atoms with Gasteiger partial charge in [0, 0.05) is 36.8 Å². The summed E-state index contributed by atoms with van der Waals surface area (Å²) in [6, 6.07) is 3.01. The minimum absolute atomic E-state index is 0.0606. The number of carboxylic acids is 1. The van der Waals surface area contributed by atoms with E-state index in [1.165, 1.54) is 18.2 Å². The van der Waals surface area contributed by atoms with E-state index in [9.17, 15) is 34.7 Å². The van der Waals surface area contributed by atoms with Crippen LogP contribution < -0.4 is 5.32 Å². The number of nitro benzene ring substituents is 1. The van der Waals surface area contributed by atoms with Gasteiger partial charge in [-0.05, 0) is 43.6 Å². The van der Waals surface area contributed by atoms with Crippen molar-refractivity contribution in [3.05, 3.63) is 39.9 Å². The van der Waals surface area contributed by atoms with Gasteiger partial charge in [-0.2, -0.15) is 0 Å². The number of aliphatic carboxylic acids is 1. The van der Waals surface area contributed by atoms with Crippen LogP contribution in [-0.4, -0.2) is 63.0 Å².